The molecule has 3 rings (SSSR count). The molecule has 9 heteroatoms. The maximum Gasteiger partial charge on any atom is 0.265 e. The highest BCUT2D eigenvalue weighted by Gasteiger charge is 2.30. The van der Waals surface area contributed by atoms with E-state index in [1.165, 1.54) is 15.5 Å². The molecule has 0 aliphatic carbocycles. The van der Waals surface area contributed by atoms with Gasteiger partial charge >= 0.3 is 0 Å². The van der Waals surface area contributed by atoms with Gasteiger partial charge in [-0.1, -0.05) is 12.1 Å². The van der Waals surface area contributed by atoms with Gasteiger partial charge in [0, 0.05) is 19.1 Å². The van der Waals surface area contributed by atoms with Crippen molar-refractivity contribution in [1.82, 2.24) is 9.62 Å². The molecule has 0 spiro atoms. The lowest BCUT2D eigenvalue weighted by Crippen LogP contribution is -2.52. The zero-order chi connectivity index (χ0) is 18.0. The number of carbonyl (C=O) groups is 2. The molecule has 1 aromatic carbocycles. The number of rotatable bonds is 4. The van der Waals surface area contributed by atoms with Crippen LogP contribution in [0, 0.1) is 0 Å². The first-order valence-corrected chi connectivity index (χ1v) is 9.96. The van der Waals surface area contributed by atoms with Gasteiger partial charge < -0.3 is 10.1 Å². The third kappa shape index (κ3) is 4.10. The van der Waals surface area contributed by atoms with E-state index in [2.05, 4.69) is 5.32 Å². The fraction of sp³-hybridized carbons (Fsp3) is 0.500. The number of amides is 2. The molecule has 1 unspecified atom stereocenters. The van der Waals surface area contributed by atoms with Crippen LogP contribution >= 0.6 is 0 Å². The average molecular weight is 367 g/mol. The summed E-state index contributed by atoms with van der Waals surface area (Å²) in [6.07, 6.45) is 2.57. The number of nitrogens with one attached hydrogen (secondary N) is 1. The first-order chi connectivity index (χ1) is 11.8. The molecule has 0 bridgehead atoms. The molecule has 2 amide bonds. The Kier molecular flexibility index (Phi) is 4.96. The number of hydrogen-bond acceptors (Lipinski definition) is 5. The van der Waals surface area contributed by atoms with E-state index in [1.54, 1.807) is 24.3 Å². The topological polar surface area (TPSA) is 96.0 Å². The van der Waals surface area contributed by atoms with Crippen LogP contribution in [0.1, 0.15) is 12.8 Å². The van der Waals surface area contributed by atoms with E-state index in [4.69, 9.17) is 4.74 Å². The Morgan fingerprint density at radius 1 is 1.36 bits per heavy atom. The maximum atomic E-state index is 12.4. The molecule has 1 atom stereocenters. The molecular weight excluding hydrogens is 346 g/mol. The largest absolute Gasteiger partial charge is 0.482 e. The molecule has 0 radical (unpaired) electrons. The molecule has 0 aromatic heterocycles. The summed E-state index contributed by atoms with van der Waals surface area (Å²) >= 11 is 0. The summed E-state index contributed by atoms with van der Waals surface area (Å²) in [4.78, 5) is 25.9. The number of ether oxygens (including phenoxy) is 1. The summed E-state index contributed by atoms with van der Waals surface area (Å²) in [6.45, 7) is 0.517. The zero-order valence-electron chi connectivity index (χ0n) is 14.0. The summed E-state index contributed by atoms with van der Waals surface area (Å²) < 4.78 is 30.0. The Balaban J connectivity index is 1.64. The van der Waals surface area contributed by atoms with Gasteiger partial charge in [-0.2, -0.15) is 0 Å². The minimum Gasteiger partial charge on any atom is -0.482 e. The van der Waals surface area contributed by atoms with E-state index in [0.29, 0.717) is 30.8 Å². The number of sulfonamides is 1. The Hall–Kier alpha value is -2.13. The standard InChI is InChI=1S/C16H21N3O5S/c1-25(22,23)18-8-4-5-12(9-18)17-15(20)10-19-13-6-2-3-7-14(13)24-11-16(19)21/h2-3,6-7,12H,4-5,8-11H2,1H3,(H,17,20). The summed E-state index contributed by atoms with van der Waals surface area (Å²) in [5.74, 6) is -0.0310. The van der Waals surface area contributed by atoms with Crippen molar-refractivity contribution in [3.63, 3.8) is 0 Å². The number of fused-ring (bicyclic) bond motifs is 1. The summed E-state index contributed by atoms with van der Waals surface area (Å²) in [5, 5.41) is 2.84. The van der Waals surface area contributed by atoms with E-state index in [0.717, 1.165) is 0 Å². The number of benzene rings is 1. The van der Waals surface area contributed by atoms with E-state index in [1.807, 2.05) is 0 Å². The average Bonchev–Trinajstić information content (AvgIpc) is 2.57. The fourth-order valence-corrected chi connectivity index (χ4v) is 4.02. The third-order valence-electron chi connectivity index (χ3n) is 4.33. The molecule has 0 saturated carbocycles. The van der Waals surface area contributed by atoms with Crippen LogP contribution in [0.3, 0.4) is 0 Å². The predicted molar refractivity (Wildman–Crippen MR) is 91.9 cm³/mol. The molecule has 1 fully saturated rings. The lowest BCUT2D eigenvalue weighted by Gasteiger charge is -2.33. The Morgan fingerprint density at radius 3 is 2.88 bits per heavy atom. The fourth-order valence-electron chi connectivity index (χ4n) is 3.11. The van der Waals surface area contributed by atoms with E-state index in [9.17, 15) is 18.0 Å². The van der Waals surface area contributed by atoms with E-state index >= 15 is 0 Å². The molecule has 2 aliphatic rings. The molecule has 136 valence electrons. The quantitative estimate of drug-likeness (QED) is 0.805. The minimum atomic E-state index is -3.27. The van der Waals surface area contributed by atoms with Crippen LogP contribution < -0.4 is 15.0 Å². The second-order valence-electron chi connectivity index (χ2n) is 6.26. The van der Waals surface area contributed by atoms with Crippen molar-refractivity contribution in [3.05, 3.63) is 24.3 Å². The van der Waals surface area contributed by atoms with Crippen molar-refractivity contribution in [1.29, 1.82) is 0 Å². The van der Waals surface area contributed by atoms with Crippen LogP contribution in [-0.4, -0.2) is 63.1 Å². The molecule has 25 heavy (non-hydrogen) atoms. The third-order valence-corrected chi connectivity index (χ3v) is 5.60. The van der Waals surface area contributed by atoms with Gasteiger partial charge in [0.25, 0.3) is 5.91 Å². The Bertz CT molecular complexity index is 780. The van der Waals surface area contributed by atoms with Crippen LogP contribution in [0.4, 0.5) is 5.69 Å². The number of piperidine rings is 1. The summed E-state index contributed by atoms with van der Waals surface area (Å²) in [6, 6.07) is 6.80. The molecule has 1 N–H and O–H groups in total. The highest BCUT2D eigenvalue weighted by molar-refractivity contribution is 7.88. The predicted octanol–water partition coefficient (Wildman–Crippen LogP) is -0.0478. The number of carbonyl (C=O) groups excluding carboxylic acids is 2. The van der Waals surface area contributed by atoms with Crippen LogP contribution in [0.5, 0.6) is 5.75 Å². The summed E-state index contributed by atoms with van der Waals surface area (Å²) in [7, 11) is -3.27. The lowest BCUT2D eigenvalue weighted by molar-refractivity contribution is -0.125. The number of para-hydroxylation sites is 2. The smallest absolute Gasteiger partial charge is 0.265 e. The first kappa shape index (κ1) is 17.7. The Labute approximate surface area is 146 Å². The zero-order valence-corrected chi connectivity index (χ0v) is 14.8. The number of nitrogens with zero attached hydrogens (tertiary/aromatic N) is 2. The van der Waals surface area contributed by atoms with Crippen LogP contribution in [0.2, 0.25) is 0 Å². The highest BCUT2D eigenvalue weighted by atomic mass is 32.2. The second-order valence-corrected chi connectivity index (χ2v) is 8.25. The van der Waals surface area contributed by atoms with Crippen LogP contribution in [0.15, 0.2) is 24.3 Å². The van der Waals surface area contributed by atoms with Crippen LogP contribution in [0.25, 0.3) is 0 Å². The van der Waals surface area contributed by atoms with Gasteiger partial charge in [0.2, 0.25) is 15.9 Å². The molecular formula is C16H21N3O5S. The van der Waals surface area contributed by atoms with E-state index in [-0.39, 0.29) is 37.6 Å². The van der Waals surface area contributed by atoms with Gasteiger partial charge in [0.1, 0.15) is 12.3 Å². The SMILES string of the molecule is CS(=O)(=O)N1CCCC(NC(=O)CN2C(=O)COc3ccccc32)C1. The van der Waals surface area contributed by atoms with Gasteiger partial charge in [-0.05, 0) is 25.0 Å². The molecule has 1 saturated heterocycles. The minimum absolute atomic E-state index is 0.102. The van der Waals surface area contributed by atoms with Gasteiger partial charge in [-0.15, -0.1) is 0 Å². The van der Waals surface area contributed by atoms with Gasteiger partial charge in [0.15, 0.2) is 6.61 Å². The van der Waals surface area contributed by atoms with Crippen molar-refractivity contribution < 1.29 is 22.7 Å². The van der Waals surface area contributed by atoms with Gasteiger partial charge in [-0.3, -0.25) is 14.5 Å². The monoisotopic (exact) mass is 367 g/mol. The molecule has 2 heterocycles. The van der Waals surface area contributed by atoms with Crippen molar-refractivity contribution in [3.8, 4) is 5.75 Å². The second kappa shape index (κ2) is 7.01. The molecule has 8 nitrogen and oxygen atoms in total. The highest BCUT2D eigenvalue weighted by Crippen LogP contribution is 2.31. The maximum absolute atomic E-state index is 12.4. The number of anilines is 1. The lowest BCUT2D eigenvalue weighted by atomic mass is 10.1. The van der Waals surface area contributed by atoms with Crippen molar-refractivity contribution >= 4 is 27.5 Å². The Morgan fingerprint density at radius 2 is 2.12 bits per heavy atom. The molecule has 1 aromatic rings. The van der Waals surface area contributed by atoms with Gasteiger partial charge in [0.05, 0.1) is 11.9 Å². The number of hydrogen-bond donors (Lipinski definition) is 1. The summed E-state index contributed by atoms with van der Waals surface area (Å²) in [5.41, 5.74) is 0.565. The first-order valence-electron chi connectivity index (χ1n) is 8.11. The van der Waals surface area contributed by atoms with Crippen molar-refractivity contribution in [2.75, 3.05) is 37.4 Å². The van der Waals surface area contributed by atoms with Gasteiger partial charge in [-0.25, -0.2) is 12.7 Å². The molecule has 2 aliphatic heterocycles. The van der Waals surface area contributed by atoms with Crippen LogP contribution in [-0.2, 0) is 19.6 Å². The van der Waals surface area contributed by atoms with E-state index < -0.39 is 10.0 Å². The normalized spacial score (nSPS) is 21.4. The van der Waals surface area contributed by atoms with Crippen molar-refractivity contribution in [2.24, 2.45) is 0 Å². The van der Waals surface area contributed by atoms with Crippen molar-refractivity contribution in [2.45, 2.75) is 18.9 Å².